The molecule has 1 N–H and O–H groups in total. The number of ether oxygens (including phenoxy) is 1. The van der Waals surface area contributed by atoms with E-state index in [0.29, 0.717) is 23.1 Å². The first-order valence-electron chi connectivity index (χ1n) is 5.70. The molecule has 0 aliphatic carbocycles. The zero-order valence-electron chi connectivity index (χ0n) is 10.7. The van der Waals surface area contributed by atoms with Crippen molar-refractivity contribution in [1.82, 2.24) is 5.32 Å². The highest BCUT2D eigenvalue weighted by Crippen LogP contribution is 2.21. The molecule has 0 radical (unpaired) electrons. The van der Waals surface area contributed by atoms with E-state index in [9.17, 15) is 4.79 Å². The Morgan fingerprint density at radius 3 is 2.72 bits per heavy atom. The molecule has 0 aromatic heterocycles. The maximum Gasteiger partial charge on any atom is 0.253 e. The minimum atomic E-state index is -0.183. The second-order valence-electron chi connectivity index (χ2n) is 4.40. The van der Waals surface area contributed by atoms with Crippen LogP contribution >= 0.6 is 27.5 Å². The summed E-state index contributed by atoms with van der Waals surface area (Å²) in [4.78, 5) is 12.1. The van der Waals surface area contributed by atoms with Gasteiger partial charge in [0.05, 0.1) is 23.2 Å². The minimum absolute atomic E-state index is 0.0300. The molecule has 1 unspecified atom stereocenters. The molecule has 18 heavy (non-hydrogen) atoms. The lowest BCUT2D eigenvalue weighted by Gasteiger charge is -2.21. The van der Waals surface area contributed by atoms with Crippen LogP contribution in [0.3, 0.4) is 0 Å². The van der Waals surface area contributed by atoms with Crippen molar-refractivity contribution < 1.29 is 9.53 Å². The van der Waals surface area contributed by atoms with E-state index in [4.69, 9.17) is 16.3 Å². The smallest absolute Gasteiger partial charge is 0.253 e. The Kier molecular flexibility index (Phi) is 6.12. The van der Waals surface area contributed by atoms with Crippen LogP contribution in [0.5, 0.6) is 0 Å². The normalized spacial score (nSPS) is 12.6. The fraction of sp³-hybridized carbons (Fsp3) is 0.462. The SMILES string of the molecule is COCC(NC(=O)c1cc(Br)ccc1Cl)C(C)C. The lowest BCUT2D eigenvalue weighted by atomic mass is 10.0. The highest BCUT2D eigenvalue weighted by atomic mass is 79.9. The topological polar surface area (TPSA) is 38.3 Å². The number of amides is 1. The third-order valence-electron chi connectivity index (χ3n) is 2.64. The van der Waals surface area contributed by atoms with Gasteiger partial charge in [-0.25, -0.2) is 0 Å². The first-order chi connectivity index (χ1) is 8.45. The number of nitrogens with one attached hydrogen (secondary N) is 1. The number of methoxy groups -OCH3 is 1. The van der Waals surface area contributed by atoms with Crippen LogP contribution in [0.25, 0.3) is 0 Å². The Morgan fingerprint density at radius 1 is 1.50 bits per heavy atom. The fourth-order valence-electron chi connectivity index (χ4n) is 1.50. The zero-order valence-corrected chi connectivity index (χ0v) is 13.0. The Labute approximate surface area is 121 Å². The molecule has 1 rings (SSSR count). The maximum atomic E-state index is 12.1. The van der Waals surface area contributed by atoms with Crippen LogP contribution < -0.4 is 5.32 Å². The van der Waals surface area contributed by atoms with Gasteiger partial charge >= 0.3 is 0 Å². The molecular formula is C13H17BrClNO2. The molecule has 3 nitrogen and oxygen atoms in total. The van der Waals surface area contributed by atoms with Gasteiger partial charge in [0.25, 0.3) is 5.91 Å². The van der Waals surface area contributed by atoms with E-state index in [2.05, 4.69) is 21.2 Å². The summed E-state index contributed by atoms with van der Waals surface area (Å²) in [7, 11) is 1.62. The summed E-state index contributed by atoms with van der Waals surface area (Å²) in [6.45, 7) is 4.55. The Balaban J connectivity index is 2.83. The van der Waals surface area contributed by atoms with Crippen LogP contribution in [0.2, 0.25) is 5.02 Å². The van der Waals surface area contributed by atoms with E-state index in [1.54, 1.807) is 25.3 Å². The molecule has 5 heteroatoms. The summed E-state index contributed by atoms with van der Waals surface area (Å²) < 4.78 is 5.92. The molecule has 0 spiro atoms. The van der Waals surface area contributed by atoms with Gasteiger partial charge in [0.15, 0.2) is 0 Å². The summed E-state index contributed by atoms with van der Waals surface area (Å²) >= 11 is 9.35. The molecule has 0 bridgehead atoms. The molecule has 0 aliphatic heterocycles. The number of benzene rings is 1. The minimum Gasteiger partial charge on any atom is -0.383 e. The number of rotatable bonds is 5. The molecule has 0 saturated heterocycles. The van der Waals surface area contributed by atoms with E-state index in [0.717, 1.165) is 4.47 Å². The van der Waals surface area contributed by atoms with Gasteiger partial charge in [-0.15, -0.1) is 0 Å². The standard InChI is InChI=1S/C13H17BrClNO2/c1-8(2)12(7-18-3)16-13(17)10-6-9(14)4-5-11(10)15/h4-6,8,12H,7H2,1-3H3,(H,16,17). The number of carbonyl (C=O) groups excluding carboxylic acids is 1. The van der Waals surface area contributed by atoms with Gasteiger partial charge in [-0.1, -0.05) is 41.4 Å². The molecule has 1 aromatic rings. The van der Waals surface area contributed by atoms with E-state index < -0.39 is 0 Å². The van der Waals surface area contributed by atoms with E-state index in [1.807, 2.05) is 13.8 Å². The first-order valence-corrected chi connectivity index (χ1v) is 6.87. The second-order valence-corrected chi connectivity index (χ2v) is 5.73. The molecule has 0 aliphatic rings. The molecule has 1 aromatic carbocycles. The molecule has 100 valence electrons. The fourth-order valence-corrected chi connectivity index (χ4v) is 2.06. The summed E-state index contributed by atoms with van der Waals surface area (Å²) in [6, 6.07) is 5.18. The van der Waals surface area contributed by atoms with Gasteiger partial charge < -0.3 is 10.1 Å². The van der Waals surface area contributed by atoms with Gasteiger partial charge in [-0.2, -0.15) is 0 Å². The van der Waals surface area contributed by atoms with Gasteiger partial charge in [-0.05, 0) is 24.1 Å². The predicted octanol–water partition coefficient (Wildman–Crippen LogP) is 3.50. The van der Waals surface area contributed by atoms with Crippen molar-refractivity contribution in [3.8, 4) is 0 Å². The van der Waals surface area contributed by atoms with Gasteiger partial charge in [0.1, 0.15) is 0 Å². The molecular weight excluding hydrogens is 318 g/mol. The van der Waals surface area contributed by atoms with Crippen molar-refractivity contribution in [2.24, 2.45) is 5.92 Å². The maximum absolute atomic E-state index is 12.1. The van der Waals surface area contributed by atoms with Crippen LogP contribution in [0, 0.1) is 5.92 Å². The summed E-state index contributed by atoms with van der Waals surface area (Å²) in [6.07, 6.45) is 0. The molecule has 0 saturated carbocycles. The van der Waals surface area contributed by atoms with Crippen molar-refractivity contribution in [3.05, 3.63) is 33.3 Å². The largest absolute Gasteiger partial charge is 0.383 e. The Morgan fingerprint density at radius 2 is 2.17 bits per heavy atom. The third kappa shape index (κ3) is 4.26. The average molecular weight is 335 g/mol. The van der Waals surface area contributed by atoms with Crippen molar-refractivity contribution in [3.63, 3.8) is 0 Å². The van der Waals surface area contributed by atoms with Crippen LogP contribution in [0.1, 0.15) is 24.2 Å². The van der Waals surface area contributed by atoms with Crippen molar-refractivity contribution in [1.29, 1.82) is 0 Å². The lowest BCUT2D eigenvalue weighted by Crippen LogP contribution is -2.41. The molecule has 0 heterocycles. The number of halogens is 2. The van der Waals surface area contributed by atoms with E-state index in [1.165, 1.54) is 0 Å². The Hall–Kier alpha value is -0.580. The van der Waals surface area contributed by atoms with Crippen LogP contribution in [-0.4, -0.2) is 25.7 Å². The highest BCUT2D eigenvalue weighted by molar-refractivity contribution is 9.10. The van der Waals surface area contributed by atoms with Crippen LogP contribution in [0.4, 0.5) is 0 Å². The van der Waals surface area contributed by atoms with Gasteiger partial charge in [0.2, 0.25) is 0 Å². The molecule has 0 fully saturated rings. The van der Waals surface area contributed by atoms with Crippen molar-refractivity contribution in [2.45, 2.75) is 19.9 Å². The lowest BCUT2D eigenvalue weighted by molar-refractivity contribution is 0.0866. The number of carbonyl (C=O) groups is 1. The van der Waals surface area contributed by atoms with Crippen molar-refractivity contribution in [2.75, 3.05) is 13.7 Å². The second kappa shape index (κ2) is 7.12. The van der Waals surface area contributed by atoms with Crippen LogP contribution in [-0.2, 0) is 4.74 Å². The predicted molar refractivity (Wildman–Crippen MR) is 77.1 cm³/mol. The highest BCUT2D eigenvalue weighted by Gasteiger charge is 2.18. The Bertz CT molecular complexity index is 423. The van der Waals surface area contributed by atoms with Gasteiger partial charge in [0, 0.05) is 11.6 Å². The summed E-state index contributed by atoms with van der Waals surface area (Å²) in [5, 5.41) is 3.37. The number of hydrogen-bond acceptors (Lipinski definition) is 2. The summed E-state index contributed by atoms with van der Waals surface area (Å²) in [5.74, 6) is 0.108. The van der Waals surface area contributed by atoms with E-state index >= 15 is 0 Å². The first kappa shape index (κ1) is 15.5. The van der Waals surface area contributed by atoms with Crippen molar-refractivity contribution >= 4 is 33.4 Å². The zero-order chi connectivity index (χ0) is 13.7. The third-order valence-corrected chi connectivity index (χ3v) is 3.46. The number of hydrogen-bond donors (Lipinski definition) is 1. The molecule has 1 amide bonds. The average Bonchev–Trinajstić information content (AvgIpc) is 2.31. The van der Waals surface area contributed by atoms with Crippen LogP contribution in [0.15, 0.2) is 22.7 Å². The monoisotopic (exact) mass is 333 g/mol. The quantitative estimate of drug-likeness (QED) is 0.895. The van der Waals surface area contributed by atoms with Gasteiger partial charge in [-0.3, -0.25) is 4.79 Å². The summed E-state index contributed by atoms with van der Waals surface area (Å²) in [5.41, 5.74) is 0.466. The van der Waals surface area contributed by atoms with E-state index in [-0.39, 0.29) is 11.9 Å². The molecule has 1 atom stereocenters.